The summed E-state index contributed by atoms with van der Waals surface area (Å²) in [5, 5.41) is 6.05. The number of nitrogens with zero attached hydrogens (tertiary/aromatic N) is 5. The van der Waals surface area contributed by atoms with Crippen LogP contribution in [-0.4, -0.2) is 46.2 Å². The van der Waals surface area contributed by atoms with Crippen LogP contribution in [0.4, 0.5) is 5.69 Å². The Bertz CT molecular complexity index is 1210. The third-order valence-corrected chi connectivity index (χ3v) is 6.29. The quantitative estimate of drug-likeness (QED) is 0.409. The van der Waals surface area contributed by atoms with Gasteiger partial charge >= 0.3 is 0 Å². The first-order chi connectivity index (χ1) is 15.6. The Morgan fingerprint density at radius 2 is 1.78 bits per heavy atom. The highest BCUT2D eigenvalue weighted by molar-refractivity contribution is 6.31. The van der Waals surface area contributed by atoms with E-state index in [-0.39, 0.29) is 0 Å². The minimum atomic E-state index is 0.504. The van der Waals surface area contributed by atoms with Gasteiger partial charge in [-0.3, -0.25) is 9.88 Å². The summed E-state index contributed by atoms with van der Waals surface area (Å²) in [6.45, 7) is 8.80. The number of hydrogen-bond donors (Lipinski definition) is 0. The zero-order valence-corrected chi connectivity index (χ0v) is 19.1. The lowest BCUT2D eigenvalue weighted by Gasteiger charge is -2.36. The Labute approximate surface area is 192 Å². The number of halogens is 1. The molecule has 0 unspecified atom stereocenters. The van der Waals surface area contributed by atoms with Gasteiger partial charge in [0.25, 0.3) is 5.89 Å². The first kappa shape index (κ1) is 20.9. The molecule has 1 fully saturated rings. The van der Waals surface area contributed by atoms with Crippen molar-refractivity contribution in [3.63, 3.8) is 0 Å². The van der Waals surface area contributed by atoms with Crippen molar-refractivity contribution in [2.24, 2.45) is 0 Å². The molecule has 1 aliphatic rings. The van der Waals surface area contributed by atoms with Crippen molar-refractivity contribution in [2.75, 3.05) is 31.1 Å². The highest BCUT2D eigenvalue weighted by Crippen LogP contribution is 2.28. The lowest BCUT2D eigenvalue weighted by atomic mass is 10.0. The van der Waals surface area contributed by atoms with Gasteiger partial charge in [0.1, 0.15) is 0 Å². The van der Waals surface area contributed by atoms with E-state index >= 15 is 0 Å². The molecule has 1 aliphatic heterocycles. The Kier molecular flexibility index (Phi) is 5.81. The molecule has 0 radical (unpaired) electrons. The Balaban J connectivity index is 1.22. The van der Waals surface area contributed by atoms with Crippen LogP contribution in [0.2, 0.25) is 5.02 Å². The molecule has 1 saturated heterocycles. The molecule has 7 heteroatoms. The van der Waals surface area contributed by atoms with Crippen LogP contribution >= 0.6 is 11.6 Å². The van der Waals surface area contributed by atoms with Gasteiger partial charge in [0.15, 0.2) is 5.82 Å². The van der Waals surface area contributed by atoms with E-state index in [1.54, 1.807) is 0 Å². The molecule has 2 aromatic carbocycles. The molecule has 164 valence electrons. The fourth-order valence-electron chi connectivity index (χ4n) is 4.17. The van der Waals surface area contributed by atoms with Crippen molar-refractivity contribution in [3.8, 4) is 11.5 Å². The van der Waals surface area contributed by atoms with E-state index < -0.39 is 0 Å². The predicted molar refractivity (Wildman–Crippen MR) is 128 cm³/mol. The van der Waals surface area contributed by atoms with Crippen molar-refractivity contribution in [3.05, 3.63) is 71.1 Å². The maximum Gasteiger partial charge on any atom is 0.257 e. The zero-order chi connectivity index (χ0) is 22.1. The molecule has 0 aliphatic carbocycles. The second kappa shape index (κ2) is 8.88. The van der Waals surface area contributed by atoms with Gasteiger partial charge in [0.05, 0.1) is 12.1 Å². The maximum absolute atomic E-state index is 6.13. The smallest absolute Gasteiger partial charge is 0.257 e. The summed E-state index contributed by atoms with van der Waals surface area (Å²) in [5.41, 5.74) is 4.40. The normalized spacial score (nSPS) is 15.1. The average molecular weight is 448 g/mol. The van der Waals surface area contributed by atoms with E-state index in [0.29, 0.717) is 23.4 Å². The number of fused-ring (bicyclic) bond motifs is 1. The van der Waals surface area contributed by atoms with Crippen molar-refractivity contribution >= 4 is 28.2 Å². The zero-order valence-electron chi connectivity index (χ0n) is 18.3. The van der Waals surface area contributed by atoms with Gasteiger partial charge in [-0.2, -0.15) is 4.98 Å². The van der Waals surface area contributed by atoms with Gasteiger partial charge in [-0.25, -0.2) is 0 Å². The fourth-order valence-corrected chi connectivity index (χ4v) is 4.34. The Morgan fingerprint density at radius 1 is 1.00 bits per heavy atom. The fraction of sp³-hybridized carbons (Fsp3) is 0.320. The molecular weight excluding hydrogens is 422 g/mol. The monoisotopic (exact) mass is 447 g/mol. The van der Waals surface area contributed by atoms with Crippen molar-refractivity contribution in [1.29, 1.82) is 0 Å². The van der Waals surface area contributed by atoms with E-state index in [2.05, 4.69) is 75.2 Å². The summed E-state index contributed by atoms with van der Waals surface area (Å²) < 4.78 is 5.52. The number of anilines is 1. The van der Waals surface area contributed by atoms with Crippen LogP contribution in [0.3, 0.4) is 0 Å². The molecule has 2 aromatic heterocycles. The minimum Gasteiger partial charge on any atom is -0.368 e. The standard InChI is InChI=1S/C25H26ClN5O/c1-17(2)18-3-5-19(6-4-18)25-28-24(29-32-25)16-30-11-13-31(14-12-30)23-9-10-27-22-15-20(26)7-8-21(22)23/h3-10,15,17H,11-14,16H2,1-2H3. The van der Waals surface area contributed by atoms with E-state index in [1.165, 1.54) is 11.3 Å². The molecular formula is C25H26ClN5O. The third kappa shape index (κ3) is 4.33. The van der Waals surface area contributed by atoms with E-state index in [9.17, 15) is 0 Å². The molecule has 3 heterocycles. The molecule has 6 nitrogen and oxygen atoms in total. The largest absolute Gasteiger partial charge is 0.368 e. The second-order valence-electron chi connectivity index (χ2n) is 8.55. The van der Waals surface area contributed by atoms with Crippen LogP contribution in [0.15, 0.2) is 59.3 Å². The lowest BCUT2D eigenvalue weighted by molar-refractivity contribution is 0.240. The third-order valence-electron chi connectivity index (χ3n) is 6.05. The molecule has 0 bridgehead atoms. The van der Waals surface area contributed by atoms with Gasteiger partial charge in [-0.05, 0) is 47.9 Å². The van der Waals surface area contributed by atoms with Crippen LogP contribution in [0.1, 0.15) is 31.2 Å². The maximum atomic E-state index is 6.13. The first-order valence-electron chi connectivity index (χ1n) is 11.0. The summed E-state index contributed by atoms with van der Waals surface area (Å²) in [7, 11) is 0. The number of pyridine rings is 1. The molecule has 5 rings (SSSR count). The first-order valence-corrected chi connectivity index (χ1v) is 11.4. The van der Waals surface area contributed by atoms with E-state index in [0.717, 1.165) is 48.5 Å². The topological polar surface area (TPSA) is 58.3 Å². The molecule has 32 heavy (non-hydrogen) atoms. The van der Waals surface area contributed by atoms with Gasteiger partial charge in [-0.1, -0.05) is 42.7 Å². The molecule has 4 aromatic rings. The van der Waals surface area contributed by atoms with Crippen molar-refractivity contribution < 1.29 is 4.52 Å². The highest BCUT2D eigenvalue weighted by Gasteiger charge is 2.21. The van der Waals surface area contributed by atoms with E-state index in [4.69, 9.17) is 16.1 Å². The summed E-state index contributed by atoms with van der Waals surface area (Å²) in [6, 6.07) is 16.3. The number of piperazine rings is 1. The van der Waals surface area contributed by atoms with Gasteiger partial charge in [0.2, 0.25) is 0 Å². The number of rotatable bonds is 5. The molecule has 0 spiro atoms. The van der Waals surface area contributed by atoms with Crippen LogP contribution < -0.4 is 4.90 Å². The Morgan fingerprint density at radius 3 is 2.53 bits per heavy atom. The summed E-state index contributed by atoms with van der Waals surface area (Å²) in [4.78, 5) is 13.9. The minimum absolute atomic E-state index is 0.504. The second-order valence-corrected chi connectivity index (χ2v) is 8.98. The number of aromatic nitrogens is 3. The summed E-state index contributed by atoms with van der Waals surface area (Å²) >= 11 is 6.13. The van der Waals surface area contributed by atoms with Crippen molar-refractivity contribution in [2.45, 2.75) is 26.3 Å². The molecule has 0 saturated carbocycles. The van der Waals surface area contributed by atoms with Crippen LogP contribution in [0.5, 0.6) is 0 Å². The Hall–Kier alpha value is -2.96. The van der Waals surface area contributed by atoms with Gasteiger partial charge in [0, 0.05) is 54.0 Å². The number of hydrogen-bond acceptors (Lipinski definition) is 6. The SMILES string of the molecule is CC(C)c1ccc(-c2nc(CN3CCN(c4ccnc5cc(Cl)ccc45)CC3)no2)cc1. The lowest BCUT2D eigenvalue weighted by Crippen LogP contribution is -2.46. The number of benzene rings is 2. The summed E-state index contributed by atoms with van der Waals surface area (Å²) in [6.07, 6.45) is 1.86. The van der Waals surface area contributed by atoms with Crippen LogP contribution in [0.25, 0.3) is 22.4 Å². The van der Waals surface area contributed by atoms with Crippen molar-refractivity contribution in [1.82, 2.24) is 20.0 Å². The van der Waals surface area contributed by atoms with Crippen LogP contribution in [0, 0.1) is 0 Å². The van der Waals surface area contributed by atoms with Crippen LogP contribution in [-0.2, 0) is 6.54 Å². The molecule has 0 atom stereocenters. The predicted octanol–water partition coefficient (Wildman–Crippen LogP) is 5.38. The van der Waals surface area contributed by atoms with Gasteiger partial charge < -0.3 is 9.42 Å². The van der Waals surface area contributed by atoms with Gasteiger partial charge in [-0.15, -0.1) is 0 Å². The highest BCUT2D eigenvalue weighted by atomic mass is 35.5. The molecule has 0 N–H and O–H groups in total. The molecule has 0 amide bonds. The van der Waals surface area contributed by atoms with E-state index in [1.807, 2.05) is 18.3 Å². The summed E-state index contributed by atoms with van der Waals surface area (Å²) in [5.74, 6) is 1.81. The average Bonchev–Trinajstić information content (AvgIpc) is 3.27.